The number of halogens is 2. The Hall–Kier alpha value is -7.42. The van der Waals surface area contributed by atoms with Gasteiger partial charge in [0.1, 0.15) is 78.2 Å². The highest BCUT2D eigenvalue weighted by atomic mass is 18.2. The van der Waals surface area contributed by atoms with E-state index in [1.807, 2.05) is 32.0 Å². The van der Waals surface area contributed by atoms with Gasteiger partial charge in [0.05, 0.1) is 34.4 Å². The molecule has 0 aliphatic heterocycles. The van der Waals surface area contributed by atoms with Crippen molar-refractivity contribution in [2.75, 3.05) is 57.7 Å². The predicted octanol–water partition coefficient (Wildman–Crippen LogP) is 10.2. The first-order chi connectivity index (χ1) is 31.0. The van der Waals surface area contributed by atoms with Gasteiger partial charge >= 0.3 is 0 Å². The normalized spacial score (nSPS) is 10.5. The van der Waals surface area contributed by atoms with Gasteiger partial charge in [-0.05, 0) is 116 Å². The van der Waals surface area contributed by atoms with E-state index in [1.54, 1.807) is 124 Å². The molecule has 0 saturated carbocycles. The molecule has 13 nitrogen and oxygen atoms in total. The zero-order chi connectivity index (χ0) is 46.0. The van der Waals surface area contributed by atoms with Crippen LogP contribution in [0.5, 0.6) is 52.0 Å². The number of alkyl halides is 2. The fourth-order valence-corrected chi connectivity index (χ4v) is 6.29. The molecule has 0 saturated heterocycles. The highest BCUT2D eigenvalue weighted by Gasteiger charge is 2.23. The fourth-order valence-electron chi connectivity index (χ4n) is 6.29. The lowest BCUT2D eigenvalue weighted by Gasteiger charge is -2.24. The Morgan fingerprint density at radius 3 is 1.45 bits per heavy atom. The van der Waals surface area contributed by atoms with Crippen LogP contribution >= 0.6 is 0 Å². The number of methoxy groups -OCH3 is 3. The predicted molar refractivity (Wildman–Crippen MR) is 240 cm³/mol. The van der Waals surface area contributed by atoms with Crippen LogP contribution < -0.4 is 43.0 Å². The Kier molecular flexibility index (Phi) is 17.6. The molecule has 0 aliphatic rings. The van der Waals surface area contributed by atoms with E-state index in [2.05, 4.69) is 9.97 Å². The van der Waals surface area contributed by atoms with Crippen molar-refractivity contribution in [3.63, 3.8) is 0 Å². The van der Waals surface area contributed by atoms with Gasteiger partial charge in [0.25, 0.3) is 0 Å². The minimum atomic E-state index is -0.621. The fraction of sp³-hybridized carbons (Fsp3) is 0.265. The molecule has 0 bridgehead atoms. The first-order valence-electron chi connectivity index (χ1n) is 20.2. The van der Waals surface area contributed by atoms with E-state index in [4.69, 9.17) is 33.2 Å². The van der Waals surface area contributed by atoms with Crippen LogP contribution in [-0.2, 0) is 22.7 Å². The monoisotopic (exact) mass is 876 g/mol. The maximum absolute atomic E-state index is 12.7. The van der Waals surface area contributed by atoms with Crippen molar-refractivity contribution in [1.29, 1.82) is 0 Å². The van der Waals surface area contributed by atoms with Crippen molar-refractivity contribution in [1.82, 2.24) is 9.97 Å². The van der Waals surface area contributed by atoms with E-state index >= 15 is 0 Å². The summed E-state index contributed by atoms with van der Waals surface area (Å²) >= 11 is 0. The second kappa shape index (κ2) is 23.7. The number of ether oxygens (including phenoxy) is 7. The summed E-state index contributed by atoms with van der Waals surface area (Å²) in [5.74, 6) is 4.21. The zero-order valence-corrected chi connectivity index (χ0v) is 36.9. The van der Waals surface area contributed by atoms with E-state index in [1.165, 1.54) is 18.7 Å². The molecule has 0 radical (unpaired) electrons. The highest BCUT2D eigenvalue weighted by molar-refractivity contribution is 5.93. The van der Waals surface area contributed by atoms with E-state index in [-0.39, 0.29) is 44.0 Å². The lowest BCUT2D eigenvalue weighted by Crippen LogP contribution is -2.28. The number of aromatic nitrogens is 2. The standard InChI is InChI=1S/C25H27FN2O4.C24H25FN2O5/c1-17-7-5-9-23(18(17)2)32-25-22(8-6-13-27-25)28(19(3)29)16-20-15-21(30-4)10-11-24(20)31-14-12-26;1-17(28)27(16-18-15-21(30-3)10-11-23(18)31-14-12-25)22-5-4-13-26-24(22)32-20-8-6-19(29-2)7-9-20/h5-11,13,15H,12,14,16H2,1-4H3;4-11,13,15H,12,14,16H2,1-3H3/i26-1;25-1. The Morgan fingerprint density at radius 1 is 0.547 bits per heavy atom. The van der Waals surface area contributed by atoms with Crippen LogP contribution in [0.15, 0.2) is 116 Å². The molecule has 2 amide bonds. The Bertz CT molecular complexity index is 2470. The Balaban J connectivity index is 0.000000241. The Morgan fingerprint density at radius 2 is 1.00 bits per heavy atom. The maximum atomic E-state index is 12.7. The number of hydrogen-bond acceptors (Lipinski definition) is 11. The van der Waals surface area contributed by atoms with Gasteiger partial charge in [0.2, 0.25) is 23.6 Å². The first-order valence-corrected chi connectivity index (χ1v) is 20.2. The topological polar surface area (TPSA) is 131 Å². The SMILES string of the molecule is COc1ccc(OCC[18F])c(CN(C(C)=O)c2cccnc2Oc2cccc(C)c2C)c1.COc1ccc(Oc2ncccc2N(Cc2cc(OC)ccc2OCC[18F])C(C)=O)cc1. The molecule has 0 N–H and O–H groups in total. The third kappa shape index (κ3) is 12.8. The molecule has 0 atom stereocenters. The van der Waals surface area contributed by atoms with Gasteiger partial charge < -0.3 is 43.0 Å². The smallest absolute Gasteiger partial charge is 0.243 e. The molecule has 15 heteroatoms. The quantitative estimate of drug-likeness (QED) is 0.0771. The molecular weight excluding hydrogens is 825 g/mol. The number of benzene rings is 4. The maximum Gasteiger partial charge on any atom is 0.243 e. The second-order valence-corrected chi connectivity index (χ2v) is 14.0. The van der Waals surface area contributed by atoms with Crippen LogP contribution in [-0.4, -0.2) is 69.7 Å². The van der Waals surface area contributed by atoms with Crippen molar-refractivity contribution in [2.45, 2.75) is 40.8 Å². The molecule has 2 aromatic heterocycles. The number of carbonyl (C=O) groups is 2. The number of rotatable bonds is 19. The lowest BCUT2D eigenvalue weighted by molar-refractivity contribution is -0.117. The zero-order valence-electron chi connectivity index (χ0n) is 36.9. The molecule has 336 valence electrons. The van der Waals surface area contributed by atoms with E-state index in [0.29, 0.717) is 68.6 Å². The van der Waals surface area contributed by atoms with Gasteiger partial charge in [0.15, 0.2) is 0 Å². The summed E-state index contributed by atoms with van der Waals surface area (Å²) in [6.45, 7) is 5.82. The van der Waals surface area contributed by atoms with Crippen LogP contribution in [0.1, 0.15) is 36.1 Å². The summed E-state index contributed by atoms with van der Waals surface area (Å²) in [6, 6.07) is 30.2. The Labute approximate surface area is 372 Å². The minimum Gasteiger partial charge on any atom is -0.497 e. The van der Waals surface area contributed by atoms with Crippen LogP contribution in [0.25, 0.3) is 0 Å². The first kappa shape index (κ1) is 47.6. The van der Waals surface area contributed by atoms with E-state index < -0.39 is 13.3 Å². The number of carbonyl (C=O) groups excluding carboxylic acids is 2. The number of hydrogen-bond donors (Lipinski definition) is 0. The van der Waals surface area contributed by atoms with Gasteiger partial charge in [-0.15, -0.1) is 0 Å². The lowest BCUT2D eigenvalue weighted by atomic mass is 10.1. The molecule has 0 spiro atoms. The van der Waals surface area contributed by atoms with Gasteiger partial charge in [-0.2, -0.15) is 0 Å². The van der Waals surface area contributed by atoms with Gasteiger partial charge in [-0.3, -0.25) is 9.59 Å². The molecule has 4 aromatic carbocycles. The summed E-state index contributed by atoms with van der Waals surface area (Å²) in [7, 11) is 4.69. The summed E-state index contributed by atoms with van der Waals surface area (Å²) < 4.78 is 64.3. The average Bonchev–Trinajstić information content (AvgIpc) is 3.31. The van der Waals surface area contributed by atoms with Crippen LogP contribution in [0, 0.1) is 13.8 Å². The van der Waals surface area contributed by atoms with Crippen molar-refractivity contribution in [3.8, 4) is 52.0 Å². The largest absolute Gasteiger partial charge is 0.497 e. The third-order valence-corrected chi connectivity index (χ3v) is 9.74. The minimum absolute atomic E-state index is 0.0761. The number of aryl methyl sites for hydroxylation is 1. The number of nitrogens with zero attached hydrogens (tertiary/aromatic N) is 4. The summed E-state index contributed by atoms with van der Waals surface area (Å²) in [5.41, 5.74) is 4.42. The van der Waals surface area contributed by atoms with Crippen LogP contribution in [0.4, 0.5) is 20.2 Å². The molecular formula is C49H52F2N4O9. The van der Waals surface area contributed by atoms with E-state index in [0.717, 1.165) is 11.1 Å². The summed E-state index contributed by atoms with van der Waals surface area (Å²) in [4.78, 5) is 37.0. The molecule has 0 fully saturated rings. The summed E-state index contributed by atoms with van der Waals surface area (Å²) in [6.07, 6.45) is 3.20. The third-order valence-electron chi connectivity index (χ3n) is 9.74. The molecule has 0 unspecified atom stereocenters. The number of anilines is 2. The van der Waals surface area contributed by atoms with Gasteiger partial charge in [0, 0.05) is 37.4 Å². The average molecular weight is 877 g/mol. The van der Waals surface area contributed by atoms with E-state index in [9.17, 15) is 18.4 Å². The van der Waals surface area contributed by atoms with Crippen molar-refractivity contribution >= 4 is 23.2 Å². The van der Waals surface area contributed by atoms with Gasteiger partial charge in [-0.1, -0.05) is 12.1 Å². The molecule has 6 aromatic rings. The number of pyridine rings is 2. The second-order valence-electron chi connectivity index (χ2n) is 14.0. The number of amides is 2. The molecule has 6 rings (SSSR count). The molecule has 0 aliphatic carbocycles. The van der Waals surface area contributed by atoms with Gasteiger partial charge in [-0.25, -0.2) is 18.7 Å². The van der Waals surface area contributed by atoms with Crippen LogP contribution in [0.3, 0.4) is 0 Å². The summed E-state index contributed by atoms with van der Waals surface area (Å²) in [5, 5.41) is 0. The van der Waals surface area contributed by atoms with Crippen molar-refractivity contribution in [3.05, 3.63) is 138 Å². The molecule has 2 heterocycles. The van der Waals surface area contributed by atoms with Crippen molar-refractivity contribution in [2.24, 2.45) is 0 Å². The van der Waals surface area contributed by atoms with Crippen LogP contribution in [0.2, 0.25) is 0 Å². The highest BCUT2D eigenvalue weighted by Crippen LogP contribution is 2.36. The van der Waals surface area contributed by atoms with Crippen molar-refractivity contribution < 1.29 is 51.5 Å². The molecule has 64 heavy (non-hydrogen) atoms.